The molecule has 0 amide bonds. The van der Waals surface area contributed by atoms with Gasteiger partial charge in [0, 0.05) is 10.8 Å². The van der Waals surface area contributed by atoms with Crippen LogP contribution in [0.1, 0.15) is 52.9 Å². The van der Waals surface area contributed by atoms with Gasteiger partial charge in [0.15, 0.2) is 13.6 Å². The average molecular weight is 437 g/mol. The van der Waals surface area contributed by atoms with Crippen molar-refractivity contribution in [3.63, 3.8) is 0 Å². The molecule has 4 aliphatic carbocycles. The molecule has 0 bridgehead atoms. The first-order valence-corrected chi connectivity index (χ1v) is 11.9. The molecule has 1 unspecified atom stereocenters. The molecule has 5 fully saturated rings. The fraction of sp³-hybridized carbons (Fsp3) is 0.833. The highest BCUT2D eigenvalue weighted by Crippen LogP contribution is 2.75. The third-order valence-electron chi connectivity index (χ3n) is 10.1. The van der Waals surface area contributed by atoms with Crippen LogP contribution in [-0.4, -0.2) is 47.7 Å². The van der Waals surface area contributed by atoms with Crippen LogP contribution >= 0.6 is 11.6 Å². The Morgan fingerprint density at radius 2 is 1.93 bits per heavy atom. The quantitative estimate of drug-likeness (QED) is 0.578. The molecule has 2 saturated heterocycles. The first-order valence-electron chi connectivity index (χ1n) is 11.5. The lowest BCUT2D eigenvalue weighted by molar-refractivity contribution is -0.264. The zero-order valence-corrected chi connectivity index (χ0v) is 18.9. The summed E-state index contributed by atoms with van der Waals surface area (Å²) in [6, 6.07) is 0. The molecule has 0 aromatic carbocycles. The SMILES string of the molecule is C[C@@H]1C[C@H]2[C@@H]3CCC4=CC=CC[C@]4(C)[C@@]3(Cl)[C@@H](O)C[C@]2(C)[C@]12OCOC21COCO1. The smallest absolute Gasteiger partial charge is 0.227 e. The fourth-order valence-corrected chi connectivity index (χ4v) is 9.45. The maximum atomic E-state index is 11.8. The van der Waals surface area contributed by atoms with Gasteiger partial charge in [0.1, 0.15) is 12.2 Å². The number of aliphatic hydroxyl groups is 1. The summed E-state index contributed by atoms with van der Waals surface area (Å²) in [5, 5.41) is 11.8. The van der Waals surface area contributed by atoms with Gasteiger partial charge in [-0.05, 0) is 49.9 Å². The first-order chi connectivity index (χ1) is 14.3. The Bertz CT molecular complexity index is 815. The standard InChI is InChI=1S/C24H33ClO5/c1-15-10-18-17-8-7-16-6-4-5-9-20(16,2)23(17,25)19(26)11-21(18,3)24(15)22(29-14-30-24)12-27-13-28-22/h4-6,15,17-19,26H,7-14H2,1-3H3/t15-,17+,18+,19+,20+,21+,22?,23+,24-/m1/s1. The molecule has 5 nitrogen and oxygen atoms in total. The molecule has 9 atom stereocenters. The van der Waals surface area contributed by atoms with Crippen LogP contribution in [0.4, 0.5) is 0 Å². The first kappa shape index (κ1) is 20.2. The van der Waals surface area contributed by atoms with E-state index in [2.05, 4.69) is 39.0 Å². The third kappa shape index (κ3) is 1.96. The maximum absolute atomic E-state index is 11.8. The van der Waals surface area contributed by atoms with E-state index < -0.39 is 22.4 Å². The predicted octanol–water partition coefficient (Wildman–Crippen LogP) is 4.14. The average Bonchev–Trinajstić information content (AvgIpc) is 3.39. The highest BCUT2D eigenvalue weighted by atomic mass is 35.5. The van der Waals surface area contributed by atoms with Gasteiger partial charge in [-0.2, -0.15) is 0 Å². The molecule has 0 radical (unpaired) electrons. The Labute approximate surface area is 183 Å². The van der Waals surface area contributed by atoms with E-state index in [0.717, 1.165) is 25.7 Å². The zero-order valence-electron chi connectivity index (χ0n) is 18.2. The number of hydrogen-bond acceptors (Lipinski definition) is 5. The van der Waals surface area contributed by atoms with Crippen molar-refractivity contribution in [2.45, 2.75) is 75.2 Å². The van der Waals surface area contributed by atoms with Gasteiger partial charge in [0.2, 0.25) is 5.79 Å². The van der Waals surface area contributed by atoms with Crippen LogP contribution in [0.15, 0.2) is 23.8 Å². The van der Waals surface area contributed by atoms with E-state index in [1.165, 1.54) is 5.57 Å². The number of hydrogen-bond donors (Lipinski definition) is 1. The van der Waals surface area contributed by atoms with E-state index in [1.807, 2.05) is 0 Å². The van der Waals surface area contributed by atoms with E-state index >= 15 is 0 Å². The minimum Gasteiger partial charge on any atom is -0.391 e. The van der Waals surface area contributed by atoms with Crippen molar-refractivity contribution in [1.29, 1.82) is 0 Å². The van der Waals surface area contributed by atoms with Gasteiger partial charge >= 0.3 is 0 Å². The Hall–Kier alpha value is -0.430. The van der Waals surface area contributed by atoms with E-state index in [0.29, 0.717) is 18.9 Å². The van der Waals surface area contributed by atoms with Crippen molar-refractivity contribution in [3.05, 3.63) is 23.8 Å². The lowest BCUT2D eigenvalue weighted by Crippen LogP contribution is -2.71. The molecule has 3 saturated carbocycles. The Morgan fingerprint density at radius 1 is 1.13 bits per heavy atom. The summed E-state index contributed by atoms with van der Waals surface area (Å²) < 4.78 is 24.4. The van der Waals surface area contributed by atoms with Crippen LogP contribution in [0.2, 0.25) is 0 Å². The highest BCUT2D eigenvalue weighted by Gasteiger charge is 2.81. The molecule has 166 valence electrons. The van der Waals surface area contributed by atoms with E-state index in [4.69, 9.17) is 30.5 Å². The zero-order chi connectivity index (χ0) is 21.0. The third-order valence-corrected chi connectivity index (χ3v) is 11.1. The van der Waals surface area contributed by atoms with E-state index in [-0.39, 0.29) is 36.3 Å². The molecule has 0 aromatic heterocycles. The number of alkyl halides is 1. The molecule has 2 spiro atoms. The van der Waals surface area contributed by atoms with Crippen molar-refractivity contribution in [3.8, 4) is 0 Å². The molecular weight excluding hydrogens is 404 g/mol. The topological polar surface area (TPSA) is 57.2 Å². The second kappa shape index (κ2) is 6.12. The summed E-state index contributed by atoms with van der Waals surface area (Å²) in [6.45, 7) is 7.62. The minimum atomic E-state index is -0.890. The number of aliphatic hydroxyl groups excluding tert-OH is 1. The number of halogens is 1. The number of rotatable bonds is 0. The van der Waals surface area contributed by atoms with Gasteiger partial charge < -0.3 is 24.1 Å². The summed E-state index contributed by atoms with van der Waals surface area (Å²) in [5.74, 6) is -0.120. The molecule has 6 aliphatic rings. The Morgan fingerprint density at radius 3 is 2.70 bits per heavy atom. The van der Waals surface area contributed by atoms with Gasteiger partial charge in [-0.15, -0.1) is 11.6 Å². The van der Waals surface area contributed by atoms with Gasteiger partial charge in [-0.25, -0.2) is 0 Å². The normalized spacial score (nSPS) is 59.3. The minimum absolute atomic E-state index is 0.207. The van der Waals surface area contributed by atoms with Crippen LogP contribution in [-0.2, 0) is 18.9 Å². The molecule has 6 rings (SSSR count). The van der Waals surface area contributed by atoms with Crippen LogP contribution < -0.4 is 0 Å². The summed E-state index contributed by atoms with van der Waals surface area (Å²) in [5.41, 5.74) is 0.235. The highest BCUT2D eigenvalue weighted by molar-refractivity contribution is 6.25. The Balaban J connectivity index is 1.48. The number of allylic oxidation sites excluding steroid dienone is 4. The van der Waals surface area contributed by atoms with Crippen LogP contribution in [0, 0.1) is 28.6 Å². The largest absolute Gasteiger partial charge is 0.391 e. The van der Waals surface area contributed by atoms with Crippen LogP contribution in [0.5, 0.6) is 0 Å². The second-order valence-corrected chi connectivity index (χ2v) is 11.6. The maximum Gasteiger partial charge on any atom is 0.227 e. The van der Waals surface area contributed by atoms with Crippen molar-refractivity contribution >= 4 is 11.6 Å². The molecule has 6 heteroatoms. The summed E-state index contributed by atoms with van der Waals surface area (Å²) >= 11 is 7.61. The van der Waals surface area contributed by atoms with Crippen molar-refractivity contribution in [2.24, 2.45) is 28.6 Å². The van der Waals surface area contributed by atoms with Gasteiger partial charge in [-0.1, -0.05) is 44.6 Å². The lowest BCUT2D eigenvalue weighted by atomic mass is 9.45. The van der Waals surface area contributed by atoms with E-state index in [1.54, 1.807) is 0 Å². The van der Waals surface area contributed by atoms with Gasteiger partial charge in [-0.3, -0.25) is 0 Å². The molecule has 0 aromatic rings. The summed E-state index contributed by atoms with van der Waals surface area (Å²) in [4.78, 5) is -0.670. The number of fused-ring (bicyclic) bond motifs is 7. The van der Waals surface area contributed by atoms with Crippen LogP contribution in [0.3, 0.4) is 0 Å². The Kier molecular flexibility index (Phi) is 4.12. The van der Waals surface area contributed by atoms with Crippen molar-refractivity contribution < 1.29 is 24.1 Å². The fourth-order valence-electron chi connectivity index (χ4n) is 8.92. The summed E-state index contributed by atoms with van der Waals surface area (Å²) in [7, 11) is 0. The lowest BCUT2D eigenvalue weighted by Gasteiger charge is -2.65. The van der Waals surface area contributed by atoms with Crippen molar-refractivity contribution in [2.75, 3.05) is 20.2 Å². The monoisotopic (exact) mass is 436 g/mol. The van der Waals surface area contributed by atoms with Gasteiger partial charge in [0.25, 0.3) is 0 Å². The van der Waals surface area contributed by atoms with E-state index in [9.17, 15) is 5.11 Å². The molecule has 2 aliphatic heterocycles. The second-order valence-electron chi connectivity index (χ2n) is 11.0. The molecular formula is C24H33ClO5. The molecule has 1 N–H and O–H groups in total. The molecule has 30 heavy (non-hydrogen) atoms. The van der Waals surface area contributed by atoms with Gasteiger partial charge in [0.05, 0.1) is 11.0 Å². The van der Waals surface area contributed by atoms with Crippen LogP contribution in [0.25, 0.3) is 0 Å². The molecule has 2 heterocycles. The summed E-state index contributed by atoms with van der Waals surface area (Å²) in [6.07, 6.45) is 10.5. The predicted molar refractivity (Wildman–Crippen MR) is 112 cm³/mol. The number of ether oxygens (including phenoxy) is 4. The van der Waals surface area contributed by atoms with Crippen molar-refractivity contribution in [1.82, 2.24) is 0 Å².